The van der Waals surface area contributed by atoms with Gasteiger partial charge < -0.3 is 9.64 Å². The quantitative estimate of drug-likeness (QED) is 0.655. The highest BCUT2D eigenvalue weighted by Gasteiger charge is 2.28. The third-order valence-electron chi connectivity index (χ3n) is 3.63. The van der Waals surface area contributed by atoms with Gasteiger partial charge >= 0.3 is 6.09 Å². The molecule has 1 saturated heterocycles. The number of piperidine rings is 1. The van der Waals surface area contributed by atoms with Crippen molar-refractivity contribution in [1.82, 2.24) is 9.88 Å². The fourth-order valence-corrected chi connectivity index (χ4v) is 5.54. The number of thiazole rings is 1. The number of rotatable bonds is 1. The lowest BCUT2D eigenvalue weighted by atomic mass is 9.95. The zero-order valence-electron chi connectivity index (χ0n) is 12.9. The van der Waals surface area contributed by atoms with Gasteiger partial charge in [0, 0.05) is 18.0 Å². The fraction of sp³-hybridized carbons (Fsp3) is 0.600. The SMILES string of the molecule is CC(C)(C)OC(=O)N1CCC(c2cc3sc(Br)nc3s2)CC1. The van der Waals surface area contributed by atoms with E-state index in [1.807, 2.05) is 25.7 Å². The minimum Gasteiger partial charge on any atom is -0.444 e. The van der Waals surface area contributed by atoms with Crippen LogP contribution in [0, 0.1) is 0 Å². The highest BCUT2D eigenvalue weighted by molar-refractivity contribution is 9.11. The zero-order valence-corrected chi connectivity index (χ0v) is 16.1. The molecule has 3 rings (SSSR count). The number of carbonyl (C=O) groups excluding carboxylic acids is 1. The van der Waals surface area contributed by atoms with Crippen molar-refractivity contribution < 1.29 is 9.53 Å². The predicted octanol–water partition coefficient (Wildman–Crippen LogP) is 5.23. The lowest BCUT2D eigenvalue weighted by molar-refractivity contribution is 0.0205. The maximum absolute atomic E-state index is 12.1. The lowest BCUT2D eigenvalue weighted by Gasteiger charge is -2.33. The van der Waals surface area contributed by atoms with Crippen LogP contribution in [0.2, 0.25) is 0 Å². The maximum Gasteiger partial charge on any atom is 0.410 e. The van der Waals surface area contributed by atoms with Gasteiger partial charge in [-0.25, -0.2) is 9.78 Å². The molecule has 1 fully saturated rings. The molecule has 1 amide bonds. The smallest absolute Gasteiger partial charge is 0.410 e. The largest absolute Gasteiger partial charge is 0.444 e. The molecular formula is C15H19BrN2O2S2. The Morgan fingerprint density at radius 1 is 1.36 bits per heavy atom. The number of halogens is 1. The van der Waals surface area contributed by atoms with Gasteiger partial charge in [0.2, 0.25) is 0 Å². The Morgan fingerprint density at radius 2 is 2.05 bits per heavy atom. The summed E-state index contributed by atoms with van der Waals surface area (Å²) in [5, 5.41) is 0. The van der Waals surface area contributed by atoms with Crippen LogP contribution in [0.15, 0.2) is 9.98 Å². The van der Waals surface area contributed by atoms with Crippen molar-refractivity contribution in [2.75, 3.05) is 13.1 Å². The normalized spacial score (nSPS) is 17.2. The van der Waals surface area contributed by atoms with E-state index in [1.165, 1.54) is 9.58 Å². The summed E-state index contributed by atoms with van der Waals surface area (Å²) in [6.45, 7) is 7.24. The van der Waals surface area contributed by atoms with E-state index in [4.69, 9.17) is 4.74 Å². The van der Waals surface area contributed by atoms with Crippen LogP contribution < -0.4 is 0 Å². The number of hydrogen-bond donors (Lipinski definition) is 0. The number of likely N-dealkylation sites (tertiary alicyclic amines) is 1. The van der Waals surface area contributed by atoms with Crippen molar-refractivity contribution in [1.29, 1.82) is 0 Å². The number of amides is 1. The second-order valence-electron chi connectivity index (χ2n) is 6.53. The van der Waals surface area contributed by atoms with E-state index in [0.717, 1.165) is 34.7 Å². The second kappa shape index (κ2) is 6.09. The van der Waals surface area contributed by atoms with Crippen molar-refractivity contribution in [3.05, 3.63) is 14.9 Å². The average Bonchev–Trinajstić information content (AvgIpc) is 2.94. The summed E-state index contributed by atoms with van der Waals surface area (Å²) >= 11 is 6.89. The minimum atomic E-state index is -0.425. The summed E-state index contributed by atoms with van der Waals surface area (Å²) in [4.78, 5) is 20.9. The van der Waals surface area contributed by atoms with Gasteiger partial charge in [-0.15, -0.1) is 22.7 Å². The standard InChI is InChI=1S/C15H19BrN2O2S2/c1-15(2,3)20-14(19)18-6-4-9(5-7-18)10-8-11-12(21-10)17-13(16)22-11/h8-9H,4-7H2,1-3H3. The van der Waals surface area contributed by atoms with E-state index in [2.05, 4.69) is 27.0 Å². The van der Waals surface area contributed by atoms with Gasteiger partial charge in [-0.2, -0.15) is 0 Å². The molecule has 0 aliphatic carbocycles. The molecule has 3 heterocycles. The van der Waals surface area contributed by atoms with Gasteiger partial charge in [-0.3, -0.25) is 0 Å². The summed E-state index contributed by atoms with van der Waals surface area (Å²) in [5.41, 5.74) is -0.425. The van der Waals surface area contributed by atoms with Crippen LogP contribution in [0.1, 0.15) is 44.4 Å². The van der Waals surface area contributed by atoms with Crippen LogP contribution in [0.25, 0.3) is 9.53 Å². The Bertz CT molecular complexity index is 650. The molecule has 0 saturated carbocycles. The molecule has 0 unspecified atom stereocenters. The number of fused-ring (bicyclic) bond motifs is 1. The molecule has 2 aromatic rings. The van der Waals surface area contributed by atoms with E-state index in [9.17, 15) is 4.79 Å². The number of hydrogen-bond acceptors (Lipinski definition) is 5. The molecule has 2 aromatic heterocycles. The molecule has 0 N–H and O–H groups in total. The predicted molar refractivity (Wildman–Crippen MR) is 95.0 cm³/mol. The zero-order chi connectivity index (χ0) is 15.9. The highest BCUT2D eigenvalue weighted by atomic mass is 79.9. The van der Waals surface area contributed by atoms with Gasteiger partial charge in [-0.05, 0) is 61.5 Å². The molecule has 4 nitrogen and oxygen atoms in total. The van der Waals surface area contributed by atoms with Gasteiger partial charge in [0.1, 0.15) is 10.4 Å². The van der Waals surface area contributed by atoms with Crippen molar-refractivity contribution >= 4 is 54.2 Å². The molecule has 0 bridgehead atoms. The number of ether oxygens (including phenoxy) is 1. The van der Waals surface area contributed by atoms with Crippen LogP contribution in [0.4, 0.5) is 4.79 Å². The topological polar surface area (TPSA) is 42.4 Å². The monoisotopic (exact) mass is 402 g/mol. The third-order valence-corrected chi connectivity index (χ3v) is 6.41. The lowest BCUT2D eigenvalue weighted by Crippen LogP contribution is -2.41. The average molecular weight is 403 g/mol. The summed E-state index contributed by atoms with van der Waals surface area (Å²) in [7, 11) is 0. The maximum atomic E-state index is 12.1. The van der Waals surface area contributed by atoms with Crippen LogP contribution >= 0.6 is 38.6 Å². The van der Waals surface area contributed by atoms with Gasteiger partial charge in [-0.1, -0.05) is 0 Å². The van der Waals surface area contributed by atoms with E-state index in [1.54, 1.807) is 22.7 Å². The number of nitrogens with zero attached hydrogens (tertiary/aromatic N) is 2. The minimum absolute atomic E-state index is 0.191. The van der Waals surface area contributed by atoms with Crippen LogP contribution in [-0.2, 0) is 4.74 Å². The Balaban J connectivity index is 1.61. The fourth-order valence-electron chi connectivity index (χ4n) is 2.60. The first-order valence-electron chi connectivity index (χ1n) is 7.35. The Hall–Kier alpha value is -0.660. The molecule has 0 spiro atoms. The van der Waals surface area contributed by atoms with Gasteiger partial charge in [0.15, 0.2) is 3.92 Å². The Morgan fingerprint density at radius 3 is 2.64 bits per heavy atom. The molecule has 22 heavy (non-hydrogen) atoms. The van der Waals surface area contributed by atoms with E-state index in [0.29, 0.717) is 5.92 Å². The highest BCUT2D eigenvalue weighted by Crippen LogP contribution is 2.39. The Labute approximate surface area is 146 Å². The van der Waals surface area contributed by atoms with Gasteiger partial charge in [0.05, 0.1) is 4.70 Å². The summed E-state index contributed by atoms with van der Waals surface area (Å²) < 4.78 is 7.64. The van der Waals surface area contributed by atoms with Crippen LogP contribution in [0.3, 0.4) is 0 Å². The van der Waals surface area contributed by atoms with Crippen LogP contribution in [-0.4, -0.2) is 34.7 Å². The molecule has 0 atom stereocenters. The van der Waals surface area contributed by atoms with Crippen molar-refractivity contribution in [3.63, 3.8) is 0 Å². The molecule has 1 aliphatic rings. The Kier molecular flexibility index (Phi) is 4.49. The molecule has 1 aliphatic heterocycles. The first-order valence-corrected chi connectivity index (χ1v) is 9.78. The number of thiophene rings is 1. The molecule has 7 heteroatoms. The van der Waals surface area contributed by atoms with Crippen molar-refractivity contribution in [3.8, 4) is 0 Å². The van der Waals surface area contributed by atoms with E-state index < -0.39 is 5.60 Å². The summed E-state index contributed by atoms with van der Waals surface area (Å²) in [6, 6.07) is 2.26. The summed E-state index contributed by atoms with van der Waals surface area (Å²) in [5.74, 6) is 0.531. The first-order chi connectivity index (χ1) is 10.3. The molecule has 120 valence electrons. The molecule has 0 aromatic carbocycles. The third kappa shape index (κ3) is 3.63. The molecular weight excluding hydrogens is 384 g/mol. The number of aromatic nitrogens is 1. The van der Waals surface area contributed by atoms with Crippen molar-refractivity contribution in [2.24, 2.45) is 0 Å². The van der Waals surface area contributed by atoms with Gasteiger partial charge in [0.25, 0.3) is 0 Å². The van der Waals surface area contributed by atoms with E-state index in [-0.39, 0.29) is 6.09 Å². The summed E-state index contributed by atoms with van der Waals surface area (Å²) in [6.07, 6.45) is 1.80. The van der Waals surface area contributed by atoms with E-state index >= 15 is 0 Å². The number of carbonyl (C=O) groups is 1. The first kappa shape index (κ1) is 16.2. The van der Waals surface area contributed by atoms with Crippen molar-refractivity contribution in [2.45, 2.75) is 45.1 Å². The second-order valence-corrected chi connectivity index (χ2v) is 9.90. The van der Waals surface area contributed by atoms with Crippen LogP contribution in [0.5, 0.6) is 0 Å². The molecule has 0 radical (unpaired) electrons.